The molecule has 0 saturated carbocycles. The number of carbonyl (C=O) groups excluding carboxylic acids is 1. The summed E-state index contributed by atoms with van der Waals surface area (Å²) in [5.41, 5.74) is 0.981. The van der Waals surface area contributed by atoms with E-state index in [-0.39, 0.29) is 10.8 Å². The summed E-state index contributed by atoms with van der Waals surface area (Å²) in [7, 11) is -2.01. The lowest BCUT2D eigenvalue weighted by molar-refractivity contribution is -0.130. The Hall–Kier alpha value is -1.44. The van der Waals surface area contributed by atoms with Crippen LogP contribution in [0, 0.1) is 11.8 Å². The van der Waals surface area contributed by atoms with E-state index in [0.29, 0.717) is 24.7 Å². The molecular formula is C16H23N3O3S. The Morgan fingerprint density at radius 3 is 2.39 bits per heavy atom. The summed E-state index contributed by atoms with van der Waals surface area (Å²) >= 11 is 0. The normalized spacial score (nSPS) is 24.0. The number of amides is 1. The third-order valence-corrected chi connectivity index (χ3v) is 6.30. The summed E-state index contributed by atoms with van der Waals surface area (Å²) in [6.07, 6.45) is 1.12. The highest BCUT2D eigenvalue weighted by molar-refractivity contribution is 7.89. The minimum atomic E-state index is -3.40. The number of carbonyl (C=O) groups is 1. The molecule has 0 spiro atoms. The number of sulfonamides is 1. The van der Waals surface area contributed by atoms with Gasteiger partial charge in [0.25, 0.3) is 0 Å². The van der Waals surface area contributed by atoms with Crippen LogP contribution in [0.2, 0.25) is 0 Å². The van der Waals surface area contributed by atoms with Crippen molar-refractivity contribution in [3.8, 4) is 0 Å². The molecule has 7 heteroatoms. The molecule has 0 radical (unpaired) electrons. The van der Waals surface area contributed by atoms with E-state index in [2.05, 4.69) is 10.0 Å². The highest BCUT2D eigenvalue weighted by atomic mass is 32.2. The van der Waals surface area contributed by atoms with Crippen LogP contribution in [0.5, 0.6) is 0 Å². The molecule has 1 amide bonds. The first-order valence-corrected chi connectivity index (χ1v) is 9.49. The van der Waals surface area contributed by atoms with Crippen LogP contribution in [0.25, 0.3) is 0 Å². The van der Waals surface area contributed by atoms with Gasteiger partial charge in [-0.05, 0) is 43.0 Å². The molecule has 23 heavy (non-hydrogen) atoms. The van der Waals surface area contributed by atoms with Gasteiger partial charge in [0.2, 0.25) is 15.9 Å². The molecule has 2 atom stereocenters. The van der Waals surface area contributed by atoms with Gasteiger partial charge in [0.05, 0.1) is 4.90 Å². The standard InChI is InChI=1S/C16H23N3O3S/c1-17-23(21,22)15-5-2-12(3-6-15)4-7-16(20)19-10-13-8-18-9-14(13)11-19/h2-3,5-6,13-14,17-18H,4,7-11H2,1H3/t13-,14+. The molecule has 6 nitrogen and oxygen atoms in total. The maximum Gasteiger partial charge on any atom is 0.240 e. The number of hydrogen-bond donors (Lipinski definition) is 2. The van der Waals surface area contributed by atoms with Gasteiger partial charge in [-0.2, -0.15) is 0 Å². The van der Waals surface area contributed by atoms with Gasteiger partial charge in [0.1, 0.15) is 0 Å². The molecule has 0 aromatic heterocycles. The number of aryl methyl sites for hydroxylation is 1. The largest absolute Gasteiger partial charge is 0.342 e. The fourth-order valence-electron chi connectivity index (χ4n) is 3.42. The molecule has 2 aliphatic rings. The van der Waals surface area contributed by atoms with Gasteiger partial charge in [-0.15, -0.1) is 0 Å². The van der Waals surface area contributed by atoms with Crippen molar-refractivity contribution in [3.05, 3.63) is 29.8 Å². The minimum absolute atomic E-state index is 0.200. The van der Waals surface area contributed by atoms with Crippen molar-refractivity contribution in [3.63, 3.8) is 0 Å². The van der Waals surface area contributed by atoms with Gasteiger partial charge >= 0.3 is 0 Å². The van der Waals surface area contributed by atoms with Gasteiger partial charge in [0, 0.05) is 32.6 Å². The molecule has 3 rings (SSSR count). The first kappa shape index (κ1) is 16.4. The second kappa shape index (κ2) is 6.59. The lowest BCUT2D eigenvalue weighted by atomic mass is 10.0. The maximum atomic E-state index is 12.3. The molecule has 2 N–H and O–H groups in total. The Kier molecular flexibility index (Phi) is 4.70. The molecule has 1 aromatic carbocycles. The molecule has 0 bridgehead atoms. The van der Waals surface area contributed by atoms with Crippen LogP contribution in [0.1, 0.15) is 12.0 Å². The highest BCUT2D eigenvalue weighted by Gasteiger charge is 2.37. The fraction of sp³-hybridized carbons (Fsp3) is 0.562. The van der Waals surface area contributed by atoms with Crippen LogP contribution >= 0.6 is 0 Å². The second-order valence-corrected chi connectivity index (χ2v) is 8.22. The SMILES string of the molecule is CNS(=O)(=O)c1ccc(CCC(=O)N2C[C@H]3CNC[C@H]3C2)cc1. The second-order valence-electron chi connectivity index (χ2n) is 6.33. The third kappa shape index (κ3) is 3.57. The molecule has 2 saturated heterocycles. The number of nitrogens with one attached hydrogen (secondary N) is 2. The average Bonchev–Trinajstić information content (AvgIpc) is 3.14. The number of benzene rings is 1. The van der Waals surface area contributed by atoms with E-state index < -0.39 is 10.0 Å². The van der Waals surface area contributed by atoms with Crippen LogP contribution in [-0.4, -0.2) is 52.5 Å². The van der Waals surface area contributed by atoms with Crippen molar-refractivity contribution >= 4 is 15.9 Å². The van der Waals surface area contributed by atoms with E-state index in [1.165, 1.54) is 7.05 Å². The number of hydrogen-bond acceptors (Lipinski definition) is 4. The molecule has 2 fully saturated rings. The summed E-state index contributed by atoms with van der Waals surface area (Å²) in [6, 6.07) is 6.72. The fourth-order valence-corrected chi connectivity index (χ4v) is 4.15. The molecule has 0 unspecified atom stereocenters. The molecule has 0 aliphatic carbocycles. The zero-order chi connectivity index (χ0) is 16.4. The van der Waals surface area contributed by atoms with Gasteiger partial charge in [-0.25, -0.2) is 13.1 Å². The van der Waals surface area contributed by atoms with E-state index in [0.717, 1.165) is 31.7 Å². The Morgan fingerprint density at radius 2 is 1.83 bits per heavy atom. The van der Waals surface area contributed by atoms with Gasteiger partial charge < -0.3 is 10.2 Å². The Morgan fingerprint density at radius 1 is 1.22 bits per heavy atom. The minimum Gasteiger partial charge on any atom is -0.342 e. The van der Waals surface area contributed by atoms with Crippen LogP contribution in [0.15, 0.2) is 29.2 Å². The van der Waals surface area contributed by atoms with Gasteiger partial charge in [-0.1, -0.05) is 12.1 Å². The average molecular weight is 337 g/mol. The summed E-state index contributed by atoms with van der Waals surface area (Å²) in [4.78, 5) is 14.5. The van der Waals surface area contributed by atoms with Crippen molar-refractivity contribution < 1.29 is 13.2 Å². The van der Waals surface area contributed by atoms with Crippen molar-refractivity contribution in [1.29, 1.82) is 0 Å². The van der Waals surface area contributed by atoms with Crippen LogP contribution < -0.4 is 10.0 Å². The smallest absolute Gasteiger partial charge is 0.240 e. The maximum absolute atomic E-state index is 12.3. The highest BCUT2D eigenvalue weighted by Crippen LogP contribution is 2.26. The van der Waals surface area contributed by atoms with Crippen molar-refractivity contribution in [1.82, 2.24) is 14.9 Å². The summed E-state index contributed by atoms with van der Waals surface area (Å²) in [6.45, 7) is 3.79. The molecule has 1 aromatic rings. The van der Waals surface area contributed by atoms with Crippen molar-refractivity contribution in [2.75, 3.05) is 33.2 Å². The quantitative estimate of drug-likeness (QED) is 0.805. The predicted octanol–water partition coefficient (Wildman–Crippen LogP) is 0.205. The summed E-state index contributed by atoms with van der Waals surface area (Å²) in [5, 5.41) is 3.37. The number of fused-ring (bicyclic) bond motifs is 1. The zero-order valence-corrected chi connectivity index (χ0v) is 14.1. The van der Waals surface area contributed by atoms with E-state index in [4.69, 9.17) is 0 Å². The van der Waals surface area contributed by atoms with Crippen LogP contribution in [0.3, 0.4) is 0 Å². The first-order chi connectivity index (χ1) is 11.0. The molecule has 2 heterocycles. The Labute approximate surface area is 137 Å². The zero-order valence-electron chi connectivity index (χ0n) is 13.3. The van der Waals surface area contributed by atoms with Crippen LogP contribution in [0.4, 0.5) is 0 Å². The van der Waals surface area contributed by atoms with Crippen molar-refractivity contribution in [2.24, 2.45) is 11.8 Å². The van der Waals surface area contributed by atoms with E-state index in [9.17, 15) is 13.2 Å². The Bertz CT molecular complexity index is 660. The monoisotopic (exact) mass is 337 g/mol. The molecule has 126 valence electrons. The van der Waals surface area contributed by atoms with Gasteiger partial charge in [0.15, 0.2) is 0 Å². The summed E-state index contributed by atoms with van der Waals surface area (Å²) in [5.74, 6) is 1.43. The van der Waals surface area contributed by atoms with E-state index >= 15 is 0 Å². The summed E-state index contributed by atoms with van der Waals surface area (Å²) < 4.78 is 25.6. The predicted molar refractivity (Wildman–Crippen MR) is 87.4 cm³/mol. The van der Waals surface area contributed by atoms with Crippen molar-refractivity contribution in [2.45, 2.75) is 17.7 Å². The number of likely N-dealkylation sites (tertiary alicyclic amines) is 1. The number of rotatable bonds is 5. The number of nitrogens with zero attached hydrogens (tertiary/aromatic N) is 1. The third-order valence-electron chi connectivity index (χ3n) is 4.87. The Balaban J connectivity index is 1.53. The topological polar surface area (TPSA) is 78.5 Å². The van der Waals surface area contributed by atoms with E-state index in [1.54, 1.807) is 24.3 Å². The van der Waals surface area contributed by atoms with Gasteiger partial charge in [-0.3, -0.25) is 4.79 Å². The lowest BCUT2D eigenvalue weighted by Crippen LogP contribution is -2.31. The lowest BCUT2D eigenvalue weighted by Gasteiger charge is -2.17. The van der Waals surface area contributed by atoms with E-state index in [1.807, 2.05) is 4.90 Å². The van der Waals surface area contributed by atoms with Crippen LogP contribution in [-0.2, 0) is 21.2 Å². The molecular weight excluding hydrogens is 314 g/mol. The molecule has 2 aliphatic heterocycles. The first-order valence-electron chi connectivity index (χ1n) is 8.00.